The number of nitrogens with one attached hydrogen (secondary N) is 2. The first-order valence-electron chi connectivity index (χ1n) is 12.5. The Hall–Kier alpha value is -3.39. The van der Waals surface area contributed by atoms with Crippen molar-refractivity contribution in [3.63, 3.8) is 0 Å². The SMILES string of the molecule is CC(NC(=S)Nc1nc(N2CCCC2)cc(N2CCN(c3ccccc3)CC2)n1)c1ccccc1. The molecule has 35 heavy (non-hydrogen) atoms. The fourth-order valence-corrected chi connectivity index (χ4v) is 5.01. The van der Waals surface area contributed by atoms with Crippen molar-refractivity contribution in [1.82, 2.24) is 15.3 Å². The first-order chi connectivity index (χ1) is 17.2. The van der Waals surface area contributed by atoms with E-state index in [-0.39, 0.29) is 6.04 Å². The molecule has 2 aromatic carbocycles. The van der Waals surface area contributed by atoms with Crippen LogP contribution in [0.25, 0.3) is 0 Å². The molecular formula is C27H33N7S. The summed E-state index contributed by atoms with van der Waals surface area (Å²) in [6.07, 6.45) is 2.40. The maximum Gasteiger partial charge on any atom is 0.232 e. The predicted molar refractivity (Wildman–Crippen MR) is 149 cm³/mol. The van der Waals surface area contributed by atoms with Crippen molar-refractivity contribution in [2.75, 3.05) is 59.3 Å². The zero-order valence-electron chi connectivity index (χ0n) is 20.2. The highest BCUT2D eigenvalue weighted by molar-refractivity contribution is 7.80. The van der Waals surface area contributed by atoms with Gasteiger partial charge in [0.25, 0.3) is 0 Å². The van der Waals surface area contributed by atoms with Gasteiger partial charge in [0.2, 0.25) is 5.95 Å². The van der Waals surface area contributed by atoms with Crippen LogP contribution >= 0.6 is 12.2 Å². The zero-order chi connectivity index (χ0) is 24.0. The normalized spacial score (nSPS) is 16.8. The smallest absolute Gasteiger partial charge is 0.232 e. The summed E-state index contributed by atoms with van der Waals surface area (Å²) >= 11 is 5.62. The van der Waals surface area contributed by atoms with Gasteiger partial charge in [-0.1, -0.05) is 48.5 Å². The Morgan fingerprint density at radius 1 is 0.771 bits per heavy atom. The molecule has 2 N–H and O–H groups in total. The zero-order valence-corrected chi connectivity index (χ0v) is 21.0. The van der Waals surface area contributed by atoms with E-state index in [0.29, 0.717) is 11.1 Å². The number of hydrogen-bond donors (Lipinski definition) is 2. The number of thiocarbonyl (C=S) groups is 1. The lowest BCUT2D eigenvalue weighted by Crippen LogP contribution is -2.47. The summed E-state index contributed by atoms with van der Waals surface area (Å²) in [5.41, 5.74) is 2.46. The molecule has 0 amide bonds. The Balaban J connectivity index is 1.30. The number of aromatic nitrogens is 2. The maximum atomic E-state index is 5.62. The molecule has 1 aromatic heterocycles. The minimum absolute atomic E-state index is 0.0866. The third kappa shape index (κ3) is 5.82. The van der Waals surface area contributed by atoms with E-state index in [1.807, 2.05) is 18.2 Å². The van der Waals surface area contributed by atoms with Gasteiger partial charge in [-0.2, -0.15) is 9.97 Å². The molecule has 3 heterocycles. The van der Waals surface area contributed by atoms with Crippen molar-refractivity contribution < 1.29 is 0 Å². The number of rotatable bonds is 6. The van der Waals surface area contributed by atoms with E-state index in [9.17, 15) is 0 Å². The molecular weight excluding hydrogens is 454 g/mol. The molecule has 182 valence electrons. The van der Waals surface area contributed by atoms with E-state index in [1.165, 1.54) is 24.1 Å². The van der Waals surface area contributed by atoms with E-state index in [1.54, 1.807) is 0 Å². The molecule has 3 aromatic rings. The molecule has 0 saturated carbocycles. The topological polar surface area (TPSA) is 59.6 Å². The van der Waals surface area contributed by atoms with E-state index in [2.05, 4.69) is 80.8 Å². The number of nitrogens with zero attached hydrogens (tertiary/aromatic N) is 5. The van der Waals surface area contributed by atoms with Gasteiger partial charge < -0.3 is 25.3 Å². The van der Waals surface area contributed by atoms with Gasteiger partial charge in [-0.15, -0.1) is 0 Å². The van der Waals surface area contributed by atoms with Gasteiger partial charge in [-0.05, 0) is 49.7 Å². The summed E-state index contributed by atoms with van der Waals surface area (Å²) in [6.45, 7) is 7.92. The fraction of sp³-hybridized carbons (Fsp3) is 0.370. The van der Waals surface area contributed by atoms with Crippen molar-refractivity contribution in [1.29, 1.82) is 0 Å². The van der Waals surface area contributed by atoms with Crippen LogP contribution < -0.4 is 25.3 Å². The quantitative estimate of drug-likeness (QED) is 0.495. The van der Waals surface area contributed by atoms with Crippen LogP contribution in [0, 0.1) is 0 Å². The highest BCUT2D eigenvalue weighted by Gasteiger charge is 2.22. The van der Waals surface area contributed by atoms with Gasteiger partial charge >= 0.3 is 0 Å². The maximum absolute atomic E-state index is 5.62. The Morgan fingerprint density at radius 2 is 1.31 bits per heavy atom. The van der Waals surface area contributed by atoms with E-state index >= 15 is 0 Å². The molecule has 1 unspecified atom stereocenters. The average molecular weight is 488 g/mol. The summed E-state index contributed by atoms with van der Waals surface area (Å²) in [5.74, 6) is 2.48. The standard InChI is InChI=1S/C27H33N7S/c1-21(22-10-4-2-5-11-22)28-27(35)31-26-29-24(33-14-8-9-15-33)20-25(30-26)34-18-16-32(17-19-34)23-12-6-3-7-13-23/h2-7,10-13,20-21H,8-9,14-19H2,1H3,(H2,28,29,30,31,35). The monoisotopic (exact) mass is 487 g/mol. The molecule has 2 saturated heterocycles. The number of piperazine rings is 1. The van der Waals surface area contributed by atoms with Gasteiger partial charge in [0, 0.05) is 51.0 Å². The van der Waals surface area contributed by atoms with Crippen LogP contribution in [-0.2, 0) is 0 Å². The molecule has 5 rings (SSSR count). The summed E-state index contributed by atoms with van der Waals surface area (Å²) < 4.78 is 0. The molecule has 0 bridgehead atoms. The Morgan fingerprint density at radius 3 is 1.94 bits per heavy atom. The van der Waals surface area contributed by atoms with Crippen LogP contribution in [-0.4, -0.2) is 54.3 Å². The van der Waals surface area contributed by atoms with Crippen LogP contribution in [0.4, 0.5) is 23.3 Å². The summed E-state index contributed by atoms with van der Waals surface area (Å²) in [6, 6.07) is 23.1. The summed E-state index contributed by atoms with van der Waals surface area (Å²) in [5, 5.41) is 7.15. The summed E-state index contributed by atoms with van der Waals surface area (Å²) in [4.78, 5) is 16.8. The molecule has 2 fully saturated rings. The third-order valence-electron chi connectivity index (χ3n) is 6.73. The molecule has 1 atom stereocenters. The molecule has 2 aliphatic heterocycles. The van der Waals surface area contributed by atoms with E-state index < -0.39 is 0 Å². The summed E-state index contributed by atoms with van der Waals surface area (Å²) in [7, 11) is 0. The van der Waals surface area contributed by atoms with E-state index in [4.69, 9.17) is 22.2 Å². The van der Waals surface area contributed by atoms with Gasteiger partial charge in [-0.25, -0.2) is 0 Å². The lowest BCUT2D eigenvalue weighted by Gasteiger charge is -2.37. The lowest BCUT2D eigenvalue weighted by molar-refractivity contribution is 0.647. The van der Waals surface area contributed by atoms with Gasteiger partial charge in [0.1, 0.15) is 11.6 Å². The van der Waals surface area contributed by atoms with Gasteiger partial charge in [-0.3, -0.25) is 0 Å². The second-order valence-corrected chi connectivity index (χ2v) is 9.55. The van der Waals surface area contributed by atoms with Crippen LogP contribution in [0.1, 0.15) is 31.4 Å². The van der Waals surface area contributed by atoms with Crippen LogP contribution in [0.15, 0.2) is 66.7 Å². The van der Waals surface area contributed by atoms with Crippen LogP contribution in [0.3, 0.4) is 0 Å². The van der Waals surface area contributed by atoms with Gasteiger partial charge in [0.05, 0.1) is 6.04 Å². The minimum Gasteiger partial charge on any atom is -0.368 e. The Bertz CT molecular complexity index is 1110. The average Bonchev–Trinajstić information content (AvgIpc) is 3.45. The second kappa shape index (κ2) is 10.9. The predicted octanol–water partition coefficient (Wildman–Crippen LogP) is 4.45. The number of para-hydroxylation sites is 1. The lowest BCUT2D eigenvalue weighted by atomic mass is 10.1. The van der Waals surface area contributed by atoms with Crippen molar-refractivity contribution >= 4 is 40.6 Å². The van der Waals surface area contributed by atoms with Crippen LogP contribution in [0.5, 0.6) is 0 Å². The Kier molecular flexibility index (Phi) is 7.28. The third-order valence-corrected chi connectivity index (χ3v) is 6.95. The molecule has 0 aliphatic carbocycles. The molecule has 0 radical (unpaired) electrons. The van der Waals surface area contributed by atoms with Crippen molar-refractivity contribution in [3.05, 3.63) is 72.3 Å². The van der Waals surface area contributed by atoms with Crippen molar-refractivity contribution in [2.45, 2.75) is 25.8 Å². The first kappa shape index (κ1) is 23.4. The highest BCUT2D eigenvalue weighted by Crippen LogP contribution is 2.26. The number of benzene rings is 2. The first-order valence-corrected chi connectivity index (χ1v) is 12.9. The van der Waals surface area contributed by atoms with Crippen LogP contribution in [0.2, 0.25) is 0 Å². The Labute approximate surface area is 213 Å². The van der Waals surface area contributed by atoms with Crippen molar-refractivity contribution in [2.24, 2.45) is 0 Å². The second-order valence-electron chi connectivity index (χ2n) is 9.14. The fourth-order valence-electron chi connectivity index (χ4n) is 4.74. The number of anilines is 4. The number of hydrogen-bond acceptors (Lipinski definition) is 6. The molecule has 8 heteroatoms. The largest absolute Gasteiger partial charge is 0.368 e. The van der Waals surface area contributed by atoms with E-state index in [0.717, 1.165) is 50.9 Å². The molecule has 0 spiro atoms. The molecule has 7 nitrogen and oxygen atoms in total. The van der Waals surface area contributed by atoms with Gasteiger partial charge in [0.15, 0.2) is 5.11 Å². The highest BCUT2D eigenvalue weighted by atomic mass is 32.1. The van der Waals surface area contributed by atoms with Crippen molar-refractivity contribution in [3.8, 4) is 0 Å². The molecule has 2 aliphatic rings. The minimum atomic E-state index is 0.0866.